The van der Waals surface area contributed by atoms with Crippen molar-refractivity contribution in [1.82, 2.24) is 25.9 Å². The van der Waals surface area contributed by atoms with Gasteiger partial charge in [-0.15, -0.1) is 0 Å². The fourth-order valence-electron chi connectivity index (χ4n) is 4.49. The summed E-state index contributed by atoms with van der Waals surface area (Å²) in [7, 11) is 0. The molecule has 3 aromatic carbocycles. The number of hydrogen-bond donors (Lipinski definition) is 6. The molecule has 0 spiro atoms. The van der Waals surface area contributed by atoms with Crippen LogP contribution in [0.15, 0.2) is 79.1 Å². The van der Waals surface area contributed by atoms with Gasteiger partial charge in [0.05, 0.1) is 12.6 Å². The molecule has 0 aliphatic carbocycles. The van der Waals surface area contributed by atoms with Crippen molar-refractivity contribution in [3.63, 3.8) is 0 Å². The molecule has 0 unspecified atom stereocenters. The summed E-state index contributed by atoms with van der Waals surface area (Å²) in [6.45, 7) is 3.20. The maximum Gasteiger partial charge on any atom is 0.251 e. The van der Waals surface area contributed by atoms with Crippen LogP contribution in [0.1, 0.15) is 53.1 Å². The minimum Gasteiger partial charge on any atom is -0.379 e. The van der Waals surface area contributed by atoms with E-state index in [-0.39, 0.29) is 23.0 Å². The van der Waals surface area contributed by atoms with Crippen molar-refractivity contribution >= 4 is 39.5 Å². The number of fused-ring (bicyclic) bond motifs is 1. The molecule has 4 aromatic rings. The van der Waals surface area contributed by atoms with E-state index in [0.717, 1.165) is 27.7 Å². The van der Waals surface area contributed by atoms with Crippen molar-refractivity contribution in [3.8, 4) is 0 Å². The molecule has 0 aliphatic rings. The first-order valence-corrected chi connectivity index (χ1v) is 14.2. The van der Waals surface area contributed by atoms with Gasteiger partial charge >= 0.3 is 0 Å². The quantitative estimate of drug-likeness (QED) is 0.0823. The van der Waals surface area contributed by atoms with E-state index in [1.807, 2.05) is 61.5 Å². The average Bonchev–Trinajstić information content (AvgIpc) is 3.48. The predicted molar refractivity (Wildman–Crippen MR) is 161 cm³/mol. The number of hydrogen-bond acceptors (Lipinski definition) is 6. The van der Waals surface area contributed by atoms with Crippen LogP contribution in [0.25, 0.3) is 10.8 Å². The third kappa shape index (κ3) is 8.17. The number of imidazole rings is 1. The van der Waals surface area contributed by atoms with Gasteiger partial charge in [-0.3, -0.25) is 15.0 Å². The molecule has 1 aromatic heterocycles. The largest absolute Gasteiger partial charge is 0.379 e. The number of aromatic amines is 1. The Kier molecular flexibility index (Phi) is 10.3. The number of benzene rings is 3. The summed E-state index contributed by atoms with van der Waals surface area (Å²) in [5.41, 5.74) is 7.98. The number of nitrogens with zero attached hydrogens (tertiary/aromatic N) is 1. The van der Waals surface area contributed by atoms with Crippen LogP contribution in [0.3, 0.4) is 0 Å². The Morgan fingerprint density at radius 2 is 1.80 bits per heavy atom. The minimum atomic E-state index is -0.730. The summed E-state index contributed by atoms with van der Waals surface area (Å²) in [5, 5.41) is 19.0. The molecule has 0 aliphatic heterocycles. The average molecular weight is 558 g/mol. The number of aromatic nitrogens is 2. The summed E-state index contributed by atoms with van der Waals surface area (Å²) in [6.07, 6.45) is 4.54. The third-order valence-electron chi connectivity index (χ3n) is 6.56. The smallest absolute Gasteiger partial charge is 0.251 e. The lowest BCUT2D eigenvalue weighted by molar-refractivity contribution is -0.123. The number of nitrogens with two attached hydrogens (primary N) is 1. The van der Waals surface area contributed by atoms with Crippen LogP contribution < -0.4 is 21.7 Å². The highest BCUT2D eigenvalue weighted by atomic mass is 32.2. The zero-order chi connectivity index (χ0) is 28.3. The van der Waals surface area contributed by atoms with Crippen molar-refractivity contribution < 1.29 is 9.59 Å². The maximum atomic E-state index is 13.4. The fourth-order valence-corrected chi connectivity index (χ4v) is 5.02. The van der Waals surface area contributed by atoms with E-state index in [2.05, 4.69) is 25.9 Å². The second kappa shape index (κ2) is 14.3. The van der Waals surface area contributed by atoms with Crippen LogP contribution >= 0.6 is 11.8 Å². The highest BCUT2D eigenvalue weighted by molar-refractivity contribution is 8.13. The molecule has 0 bridgehead atoms. The van der Waals surface area contributed by atoms with Crippen LogP contribution in [-0.4, -0.2) is 38.7 Å². The molecule has 1 heterocycles. The number of amides is 2. The second-order valence-electron chi connectivity index (χ2n) is 9.52. The summed E-state index contributed by atoms with van der Waals surface area (Å²) in [5.74, 6) is 0.887. The molecular formula is C30H35N7O2S. The minimum absolute atomic E-state index is 0.0355. The fraction of sp³-hybridized carbons (Fsp3) is 0.267. The van der Waals surface area contributed by atoms with Gasteiger partial charge in [0, 0.05) is 30.3 Å². The Labute approximate surface area is 238 Å². The summed E-state index contributed by atoms with van der Waals surface area (Å²) >= 11 is 1.22. The molecule has 9 nitrogen and oxygen atoms in total. The number of amidine groups is 1. The lowest BCUT2D eigenvalue weighted by Gasteiger charge is -2.22. The standard InChI is InChI=1S/C30H35N7O2S/c1-20(24-9-4-7-22-6-2-3-8-25(22)24)36-29(39)26(10-5-17-40-30(31)32)37-28(38)23-13-11-21(12-14-23)18-33-19-27-34-15-16-35-27/h2-4,6-9,11-16,20,26,33H,5,10,17-19H2,1H3,(H3,31,32)(H,34,35)(H,36,39)(H,37,38)/t20-,26-/m0/s1. The Hall–Kier alpha value is -4.15. The van der Waals surface area contributed by atoms with E-state index < -0.39 is 6.04 Å². The van der Waals surface area contributed by atoms with Gasteiger partial charge in [0.1, 0.15) is 11.9 Å². The number of H-pyrrole nitrogens is 1. The molecule has 40 heavy (non-hydrogen) atoms. The SMILES string of the molecule is C[C@H](NC(=O)[C@H](CCCSC(=N)N)NC(=O)c1ccc(CNCc2ncc[nH]2)cc1)c1cccc2ccccc12. The summed E-state index contributed by atoms with van der Waals surface area (Å²) < 4.78 is 0. The monoisotopic (exact) mass is 557 g/mol. The summed E-state index contributed by atoms with van der Waals surface area (Å²) in [6, 6.07) is 20.4. The molecule has 2 atom stereocenters. The van der Waals surface area contributed by atoms with Gasteiger partial charge < -0.3 is 26.7 Å². The Balaban J connectivity index is 1.39. The molecule has 4 rings (SSSR count). The van der Waals surface area contributed by atoms with Crippen LogP contribution in [0.5, 0.6) is 0 Å². The van der Waals surface area contributed by atoms with E-state index in [0.29, 0.717) is 37.2 Å². The van der Waals surface area contributed by atoms with E-state index in [4.69, 9.17) is 11.1 Å². The molecular weight excluding hydrogens is 522 g/mol. The van der Waals surface area contributed by atoms with Crippen LogP contribution in [-0.2, 0) is 17.9 Å². The second-order valence-corrected chi connectivity index (χ2v) is 10.7. The summed E-state index contributed by atoms with van der Waals surface area (Å²) in [4.78, 5) is 33.8. The Morgan fingerprint density at radius 1 is 1.02 bits per heavy atom. The van der Waals surface area contributed by atoms with Gasteiger partial charge in [-0.25, -0.2) is 4.98 Å². The zero-order valence-corrected chi connectivity index (χ0v) is 23.3. The van der Waals surface area contributed by atoms with Gasteiger partial charge in [-0.2, -0.15) is 0 Å². The molecule has 0 radical (unpaired) electrons. The molecule has 208 valence electrons. The molecule has 7 N–H and O–H groups in total. The Morgan fingerprint density at radius 3 is 2.55 bits per heavy atom. The Bertz CT molecular complexity index is 1420. The normalized spacial score (nSPS) is 12.5. The van der Waals surface area contributed by atoms with Crippen LogP contribution in [0.2, 0.25) is 0 Å². The first-order chi connectivity index (χ1) is 19.4. The highest BCUT2D eigenvalue weighted by Crippen LogP contribution is 2.24. The van der Waals surface area contributed by atoms with E-state index in [9.17, 15) is 9.59 Å². The van der Waals surface area contributed by atoms with Gasteiger partial charge in [0.15, 0.2) is 5.17 Å². The van der Waals surface area contributed by atoms with E-state index >= 15 is 0 Å². The molecule has 2 amide bonds. The van der Waals surface area contributed by atoms with Crippen LogP contribution in [0.4, 0.5) is 0 Å². The third-order valence-corrected chi connectivity index (χ3v) is 7.36. The van der Waals surface area contributed by atoms with Gasteiger partial charge in [0.2, 0.25) is 5.91 Å². The number of carbonyl (C=O) groups is 2. The van der Waals surface area contributed by atoms with Crippen molar-refractivity contribution in [2.45, 2.75) is 44.9 Å². The lowest BCUT2D eigenvalue weighted by atomic mass is 9.99. The lowest BCUT2D eigenvalue weighted by Crippen LogP contribution is -2.47. The molecule has 0 saturated carbocycles. The zero-order valence-electron chi connectivity index (χ0n) is 22.4. The number of carbonyl (C=O) groups excluding carboxylic acids is 2. The first-order valence-electron chi connectivity index (χ1n) is 13.2. The number of nitrogens with one attached hydrogen (secondary N) is 5. The predicted octanol–water partition coefficient (Wildman–Crippen LogP) is 4.24. The van der Waals surface area contributed by atoms with Crippen LogP contribution in [0, 0.1) is 5.41 Å². The maximum absolute atomic E-state index is 13.4. The van der Waals surface area contributed by atoms with Crippen molar-refractivity contribution in [2.24, 2.45) is 5.73 Å². The van der Waals surface area contributed by atoms with Gasteiger partial charge in [-0.1, -0.05) is 66.4 Å². The van der Waals surface area contributed by atoms with Crippen molar-refractivity contribution in [1.29, 1.82) is 5.41 Å². The number of rotatable bonds is 13. The highest BCUT2D eigenvalue weighted by Gasteiger charge is 2.23. The van der Waals surface area contributed by atoms with E-state index in [1.165, 1.54) is 11.8 Å². The molecule has 10 heteroatoms. The topological polar surface area (TPSA) is 149 Å². The first kappa shape index (κ1) is 28.8. The van der Waals surface area contributed by atoms with Gasteiger partial charge in [0.25, 0.3) is 5.91 Å². The molecule has 0 saturated heterocycles. The van der Waals surface area contributed by atoms with Crippen molar-refractivity contribution in [3.05, 3.63) is 102 Å². The van der Waals surface area contributed by atoms with Gasteiger partial charge in [-0.05, 0) is 53.8 Å². The van der Waals surface area contributed by atoms with E-state index in [1.54, 1.807) is 24.5 Å². The number of thioether (sulfide) groups is 1. The molecule has 0 fully saturated rings. The van der Waals surface area contributed by atoms with Crippen molar-refractivity contribution in [2.75, 3.05) is 5.75 Å².